The number of rotatable bonds is 2. The van der Waals surface area contributed by atoms with Crippen molar-refractivity contribution < 1.29 is 19.7 Å². The number of pyridine rings is 2. The minimum atomic E-state index is -1.95. The monoisotopic (exact) mass is 531 g/mol. The van der Waals surface area contributed by atoms with E-state index in [1.807, 2.05) is 25.1 Å². The van der Waals surface area contributed by atoms with E-state index in [2.05, 4.69) is 6.58 Å². The van der Waals surface area contributed by atoms with Crippen LogP contribution in [0.1, 0.15) is 16.7 Å². The molecule has 158 valence electrons. The number of halogens is 1. The third-order valence-corrected chi connectivity index (χ3v) is 6.69. The van der Waals surface area contributed by atoms with Crippen molar-refractivity contribution in [1.29, 1.82) is 0 Å². The number of fused-ring (bicyclic) bond motifs is 5. The Kier molecular flexibility index (Phi) is 4.30. The number of esters is 1. The summed E-state index contributed by atoms with van der Waals surface area (Å²) in [6.45, 7) is 4.40. The number of benzene rings is 1. The molecule has 0 saturated heterocycles. The Bertz CT molecular complexity index is 1540. The Hall–Kier alpha value is -2.76. The minimum absolute atomic E-state index is 0.169. The van der Waals surface area contributed by atoms with Crippen molar-refractivity contribution in [1.82, 2.24) is 14.3 Å². The molecule has 4 heterocycles. The lowest BCUT2D eigenvalue weighted by Crippen LogP contribution is -2.40. The predicted octanol–water partition coefficient (Wildman–Crippen LogP) is 1.53. The van der Waals surface area contributed by atoms with Gasteiger partial charge < -0.3 is 19.8 Å². The van der Waals surface area contributed by atoms with E-state index in [9.17, 15) is 19.8 Å². The summed E-state index contributed by atoms with van der Waals surface area (Å²) < 4.78 is 4.50. The zero-order chi connectivity index (χ0) is 22.2. The number of hydrogen-bond acceptors (Lipinski definition) is 7. The number of carbonyl (C=O) groups is 1. The van der Waals surface area contributed by atoms with E-state index in [1.54, 1.807) is 40.8 Å². The van der Waals surface area contributed by atoms with Crippen LogP contribution in [-0.2, 0) is 26.3 Å². The van der Waals surface area contributed by atoms with Gasteiger partial charge in [-0.3, -0.25) is 9.20 Å². The number of hydrogen-bond donors (Lipinski definition) is 2. The first-order chi connectivity index (χ1) is 14.6. The minimum Gasteiger partial charge on any atom is -0.508 e. The molecule has 0 radical (unpaired) electrons. The van der Waals surface area contributed by atoms with Gasteiger partial charge in [-0.2, -0.15) is 0 Å². The van der Waals surface area contributed by atoms with Gasteiger partial charge in [-0.25, -0.2) is 9.78 Å². The van der Waals surface area contributed by atoms with E-state index >= 15 is 0 Å². The van der Waals surface area contributed by atoms with Gasteiger partial charge in [0.2, 0.25) is 3.61 Å². The molecule has 0 spiro atoms. The number of phenolic OH excluding ortho intramolecular Hbond substituents is 1. The van der Waals surface area contributed by atoms with E-state index in [0.29, 0.717) is 33.8 Å². The summed E-state index contributed by atoms with van der Waals surface area (Å²) in [5.74, 6) is -0.639. The molecule has 0 amide bonds. The maximum atomic E-state index is 13.3. The van der Waals surface area contributed by atoms with Crippen LogP contribution in [0, 0.1) is 0 Å². The van der Waals surface area contributed by atoms with E-state index in [1.165, 1.54) is 4.40 Å². The van der Waals surface area contributed by atoms with Gasteiger partial charge in [0, 0.05) is 28.4 Å². The van der Waals surface area contributed by atoms with Crippen molar-refractivity contribution in [2.75, 3.05) is 14.1 Å². The number of aliphatic hydroxyl groups is 1. The third kappa shape index (κ3) is 2.76. The molecule has 0 saturated carbocycles. The molecular weight excluding hydrogens is 513 g/mol. The zero-order valence-electron chi connectivity index (χ0n) is 16.8. The molecule has 0 fully saturated rings. The second-order valence-corrected chi connectivity index (χ2v) is 9.52. The number of nitrogens with zero attached hydrogens (tertiary/aromatic N) is 3. The van der Waals surface area contributed by atoms with Gasteiger partial charge in [-0.15, -0.1) is 0 Å². The first kappa shape index (κ1) is 20.2. The molecule has 0 unspecified atom stereocenters. The van der Waals surface area contributed by atoms with Crippen LogP contribution in [-0.4, -0.2) is 44.6 Å². The highest BCUT2D eigenvalue weighted by molar-refractivity contribution is 14.1. The lowest BCUT2D eigenvalue weighted by atomic mass is 10.0. The standard InChI is InChI=1S/C22H18IN3O5/c1-10-11-6-12-13(8-25(2)3)18(27)5-4-16(12)24-19(11)17-7-15-14(20(28)26(10)17)9-31-21(29)22(15,23)30/h4-7,27,30H,1,8-9H2,2-3H3/t22-/m0/s1. The summed E-state index contributed by atoms with van der Waals surface area (Å²) >= 11 is 1.59. The fourth-order valence-electron chi connectivity index (χ4n) is 4.18. The van der Waals surface area contributed by atoms with Crippen LogP contribution in [0.3, 0.4) is 0 Å². The normalized spacial score (nSPS) is 18.8. The van der Waals surface area contributed by atoms with Crippen molar-refractivity contribution in [2.45, 2.75) is 16.8 Å². The molecule has 0 bridgehead atoms. The average molecular weight is 531 g/mol. The van der Waals surface area contributed by atoms with E-state index in [0.717, 1.165) is 10.9 Å². The highest BCUT2D eigenvalue weighted by Gasteiger charge is 2.43. The Morgan fingerprint density at radius 2 is 2.03 bits per heavy atom. The Labute approximate surface area is 189 Å². The third-order valence-electron chi connectivity index (χ3n) is 5.67. The van der Waals surface area contributed by atoms with Gasteiger partial charge in [-0.05, 0) is 61.0 Å². The van der Waals surface area contributed by atoms with Crippen LogP contribution in [0.5, 0.6) is 5.75 Å². The van der Waals surface area contributed by atoms with Gasteiger partial charge in [0.1, 0.15) is 12.4 Å². The van der Waals surface area contributed by atoms with Gasteiger partial charge in [0.05, 0.1) is 27.5 Å². The molecule has 9 heteroatoms. The van der Waals surface area contributed by atoms with E-state index in [-0.39, 0.29) is 23.5 Å². The number of cyclic esters (lactones) is 1. The predicted molar refractivity (Wildman–Crippen MR) is 124 cm³/mol. The van der Waals surface area contributed by atoms with Crippen LogP contribution >= 0.6 is 22.6 Å². The summed E-state index contributed by atoms with van der Waals surface area (Å²) in [5, 5.41) is 23.0. The molecule has 8 nitrogen and oxygen atoms in total. The Morgan fingerprint density at radius 1 is 1.29 bits per heavy atom. The summed E-state index contributed by atoms with van der Waals surface area (Å²) in [4.78, 5) is 32.1. The highest BCUT2D eigenvalue weighted by Crippen LogP contribution is 2.37. The van der Waals surface area contributed by atoms with Crippen molar-refractivity contribution in [3.05, 3.63) is 56.7 Å². The molecular formula is C22H18IN3O5. The molecule has 0 aliphatic carbocycles. The molecule has 1 aromatic carbocycles. The molecule has 2 N–H and O–H groups in total. The second kappa shape index (κ2) is 6.62. The zero-order valence-corrected chi connectivity index (χ0v) is 18.9. The summed E-state index contributed by atoms with van der Waals surface area (Å²) in [5.41, 5.74) is 2.39. The fourth-order valence-corrected chi connectivity index (χ4v) is 4.82. The van der Waals surface area contributed by atoms with Crippen LogP contribution in [0.25, 0.3) is 33.9 Å². The molecule has 5 rings (SSSR count). The van der Waals surface area contributed by atoms with Crippen molar-refractivity contribution in [3.8, 4) is 5.75 Å². The Morgan fingerprint density at radius 3 is 2.74 bits per heavy atom. The van der Waals surface area contributed by atoms with Crippen molar-refractivity contribution in [3.63, 3.8) is 0 Å². The molecule has 1 atom stereocenters. The van der Waals surface area contributed by atoms with Crippen molar-refractivity contribution in [2.24, 2.45) is 0 Å². The van der Waals surface area contributed by atoms with Crippen LogP contribution < -0.4 is 10.9 Å². The quantitative estimate of drug-likeness (QED) is 0.230. The smallest absolute Gasteiger partial charge is 0.353 e. The number of aromatic nitrogens is 2. The maximum Gasteiger partial charge on any atom is 0.353 e. The van der Waals surface area contributed by atoms with Crippen LogP contribution in [0.2, 0.25) is 0 Å². The summed E-state index contributed by atoms with van der Waals surface area (Å²) in [7, 11) is 3.82. The highest BCUT2D eigenvalue weighted by atomic mass is 127. The SMILES string of the molecule is C=c1c2cc3c(CN(C)C)c(O)ccc3nc2c2cc3c(c(=O)n12)COC(=O)[C@]3(O)I. The van der Waals surface area contributed by atoms with Crippen LogP contribution in [0.4, 0.5) is 0 Å². The Balaban J connectivity index is 1.93. The lowest BCUT2D eigenvalue weighted by molar-refractivity contribution is -0.159. The number of phenols is 1. The van der Waals surface area contributed by atoms with Gasteiger partial charge in [-0.1, -0.05) is 6.58 Å². The van der Waals surface area contributed by atoms with Gasteiger partial charge in [0.15, 0.2) is 0 Å². The first-order valence-electron chi connectivity index (χ1n) is 9.49. The summed E-state index contributed by atoms with van der Waals surface area (Å²) in [6, 6.07) is 6.81. The van der Waals surface area contributed by atoms with Crippen molar-refractivity contribution >= 4 is 62.5 Å². The second-order valence-electron chi connectivity index (χ2n) is 7.96. The van der Waals surface area contributed by atoms with E-state index < -0.39 is 15.1 Å². The lowest BCUT2D eigenvalue weighted by Gasteiger charge is -2.27. The molecule has 4 aromatic rings. The first-order valence-corrected chi connectivity index (χ1v) is 10.6. The molecule has 31 heavy (non-hydrogen) atoms. The topological polar surface area (TPSA) is 104 Å². The maximum absolute atomic E-state index is 13.3. The van der Waals surface area contributed by atoms with Crippen LogP contribution in [0.15, 0.2) is 29.1 Å². The molecule has 3 aromatic heterocycles. The summed E-state index contributed by atoms with van der Waals surface area (Å²) in [6.07, 6.45) is 0. The number of carbonyl (C=O) groups excluding carboxylic acids is 1. The average Bonchev–Trinajstić information content (AvgIpc) is 2.98. The largest absolute Gasteiger partial charge is 0.508 e. The number of aromatic hydroxyl groups is 1. The number of ether oxygens (including phenoxy) is 1. The van der Waals surface area contributed by atoms with E-state index in [4.69, 9.17) is 9.72 Å². The number of alkyl halides is 1. The van der Waals surface area contributed by atoms with Gasteiger partial charge >= 0.3 is 5.97 Å². The molecule has 1 aliphatic heterocycles. The molecule has 1 aliphatic rings. The fraction of sp³-hybridized carbons (Fsp3) is 0.227. The van der Waals surface area contributed by atoms with Gasteiger partial charge in [0.25, 0.3) is 5.56 Å².